The predicted molar refractivity (Wildman–Crippen MR) is 97.4 cm³/mol. The molecule has 0 atom stereocenters. The van der Waals surface area contributed by atoms with Crippen molar-refractivity contribution in [2.24, 2.45) is 16.3 Å². The summed E-state index contributed by atoms with van der Waals surface area (Å²) >= 11 is 0. The lowest BCUT2D eigenvalue weighted by atomic mass is 9.81. The number of amides is 1. The van der Waals surface area contributed by atoms with E-state index in [4.69, 9.17) is 11.4 Å². The van der Waals surface area contributed by atoms with Gasteiger partial charge in [0, 0.05) is 0 Å². The Morgan fingerprint density at radius 2 is 1.76 bits per heavy atom. The van der Waals surface area contributed by atoms with Crippen LogP contribution >= 0.6 is 0 Å². The number of rotatable bonds is 9. The first-order valence-electron chi connectivity index (χ1n) is 8.68. The van der Waals surface area contributed by atoms with Crippen molar-refractivity contribution in [3.8, 4) is 0 Å². The zero-order valence-corrected chi connectivity index (χ0v) is 15.5. The van der Waals surface area contributed by atoms with Gasteiger partial charge in [-0.2, -0.15) is 0 Å². The van der Waals surface area contributed by atoms with E-state index in [0.29, 0.717) is 6.42 Å². The summed E-state index contributed by atoms with van der Waals surface area (Å²) in [5, 5.41) is 13.0. The molecule has 1 amide bonds. The average Bonchev–Trinajstić information content (AvgIpc) is 2.54. The summed E-state index contributed by atoms with van der Waals surface area (Å²) in [6, 6.07) is 7.73. The molecule has 0 unspecified atom stereocenters. The number of nitrogens with two attached hydrogens (primary N) is 1. The lowest BCUT2D eigenvalue weighted by Gasteiger charge is -2.25. The first-order chi connectivity index (χ1) is 11.9. The molecule has 25 heavy (non-hydrogen) atoms. The Bertz CT molecular complexity index is 667. The zero-order chi connectivity index (χ0) is 20.0. The van der Waals surface area contributed by atoms with Crippen LogP contribution in [0, 0.1) is 5.41 Å². The van der Waals surface area contributed by atoms with Crippen molar-refractivity contribution in [2.45, 2.75) is 59.5 Å². The number of benzene rings is 1. The predicted octanol–water partition coefficient (Wildman–Crippen LogP) is 2.93. The van der Waals surface area contributed by atoms with Gasteiger partial charge >= 0.3 is 5.97 Å². The van der Waals surface area contributed by atoms with Crippen LogP contribution in [-0.4, -0.2) is 28.3 Å². The highest BCUT2D eigenvalue weighted by molar-refractivity contribution is 5.82. The summed E-state index contributed by atoms with van der Waals surface area (Å²) in [6.07, 6.45) is 1.65. The van der Waals surface area contributed by atoms with Crippen LogP contribution in [0.3, 0.4) is 0 Å². The van der Waals surface area contributed by atoms with Gasteiger partial charge in [-0.05, 0) is 50.2 Å². The van der Waals surface area contributed by atoms with Crippen LogP contribution < -0.4 is 5.73 Å². The van der Waals surface area contributed by atoms with Crippen molar-refractivity contribution >= 4 is 17.6 Å². The number of carboxylic acid groups (broad SMARTS) is 1. The van der Waals surface area contributed by atoms with Gasteiger partial charge in [0.05, 0.1) is 12.1 Å². The minimum absolute atomic E-state index is 0.0929. The molecular formula is C19H28N2O4. The van der Waals surface area contributed by atoms with Gasteiger partial charge in [0.15, 0.2) is 1.41 Å². The molecular weight excluding hydrogens is 320 g/mol. The Kier molecular flexibility index (Phi) is 6.17. The fourth-order valence-corrected chi connectivity index (χ4v) is 2.53. The highest BCUT2D eigenvalue weighted by Crippen LogP contribution is 2.27. The van der Waals surface area contributed by atoms with E-state index in [9.17, 15) is 9.59 Å². The minimum Gasteiger partial charge on any atom is -0.478 e. The van der Waals surface area contributed by atoms with E-state index in [1.165, 1.54) is 13.8 Å². The Morgan fingerprint density at radius 1 is 1.20 bits per heavy atom. The van der Waals surface area contributed by atoms with Gasteiger partial charge in [-0.15, -0.1) is 0 Å². The third-order valence-electron chi connectivity index (χ3n) is 3.75. The quantitative estimate of drug-likeness (QED) is 0.528. The molecule has 0 bridgehead atoms. The van der Waals surface area contributed by atoms with Crippen molar-refractivity contribution in [3.63, 3.8) is 0 Å². The molecule has 6 nitrogen and oxygen atoms in total. The maximum atomic E-state index is 11.2. The van der Waals surface area contributed by atoms with Crippen LogP contribution in [0.4, 0.5) is 0 Å². The molecule has 0 saturated heterocycles. The highest BCUT2D eigenvalue weighted by atomic mass is 16.7. The molecule has 0 saturated carbocycles. The molecule has 0 radical (unpaired) electrons. The summed E-state index contributed by atoms with van der Waals surface area (Å²) in [5.41, 5.74) is 3.14. The van der Waals surface area contributed by atoms with Crippen LogP contribution in [-0.2, 0) is 27.3 Å². The molecule has 0 heterocycles. The van der Waals surface area contributed by atoms with Crippen LogP contribution in [0.2, 0.25) is 1.41 Å². The minimum atomic E-state index is -1.35. The summed E-state index contributed by atoms with van der Waals surface area (Å²) in [5.74, 6) is -1.40. The Balaban J connectivity index is 2.67. The number of nitrogens with zero attached hydrogens (tertiary/aromatic N) is 1. The molecule has 1 rings (SSSR count). The Morgan fingerprint density at radius 3 is 2.28 bits per heavy atom. The Hall–Kier alpha value is -2.37. The van der Waals surface area contributed by atoms with Crippen molar-refractivity contribution < 1.29 is 20.9 Å². The van der Waals surface area contributed by atoms with Gasteiger partial charge < -0.3 is 15.7 Å². The summed E-state index contributed by atoms with van der Waals surface area (Å²) in [7, 11) is 0. The van der Waals surface area contributed by atoms with Crippen LogP contribution in [0.1, 0.15) is 52.2 Å². The summed E-state index contributed by atoms with van der Waals surface area (Å²) in [6.45, 7) is 8.95. The van der Waals surface area contributed by atoms with E-state index in [1.54, 1.807) is 0 Å². The third-order valence-corrected chi connectivity index (χ3v) is 3.75. The second-order valence-corrected chi connectivity index (χ2v) is 7.67. The van der Waals surface area contributed by atoms with Crippen LogP contribution in [0.25, 0.3) is 0 Å². The second-order valence-electron chi connectivity index (χ2n) is 7.67. The van der Waals surface area contributed by atoms with Crippen molar-refractivity contribution in [1.82, 2.24) is 0 Å². The molecule has 0 aliphatic heterocycles. The molecule has 1 aromatic carbocycles. The fraction of sp³-hybridized carbons (Fsp3) is 0.526. The number of carbonyl (C=O) groups is 2. The normalized spacial score (nSPS) is 13.2. The van der Waals surface area contributed by atoms with Crippen LogP contribution in [0.15, 0.2) is 29.4 Å². The van der Waals surface area contributed by atoms with E-state index < -0.39 is 11.6 Å². The van der Waals surface area contributed by atoms with Gasteiger partial charge in [-0.1, -0.05) is 43.3 Å². The average molecular weight is 349 g/mol. The molecule has 6 heteroatoms. The van der Waals surface area contributed by atoms with Gasteiger partial charge in [-0.25, -0.2) is 4.79 Å². The smallest absolute Gasteiger partial charge is 0.350 e. The largest absolute Gasteiger partial charge is 0.478 e. The number of primary amides is 1. The van der Waals surface area contributed by atoms with Gasteiger partial charge in [0.2, 0.25) is 11.5 Å². The molecule has 138 valence electrons. The number of carboxylic acids is 1. The highest BCUT2D eigenvalue weighted by Gasteiger charge is 2.30. The van der Waals surface area contributed by atoms with E-state index in [0.717, 1.165) is 23.3 Å². The number of hydrogen-bond donors (Lipinski definition) is 2. The first-order valence-corrected chi connectivity index (χ1v) is 8.18. The number of hydrogen-bond acceptors (Lipinski definition) is 4. The maximum absolute atomic E-state index is 11.2. The Labute approximate surface area is 150 Å². The van der Waals surface area contributed by atoms with E-state index >= 15 is 0 Å². The number of aliphatic carboxylic acids is 1. The van der Waals surface area contributed by atoms with Crippen LogP contribution in [0.5, 0.6) is 0 Å². The first kappa shape index (κ1) is 19.0. The topological polar surface area (TPSA) is 102 Å². The maximum Gasteiger partial charge on any atom is 0.350 e. The molecule has 0 aromatic heterocycles. The van der Waals surface area contributed by atoms with Crippen molar-refractivity contribution in [1.29, 1.82) is 0 Å². The molecule has 3 N–H and O–H groups in total. The van der Waals surface area contributed by atoms with E-state index in [2.05, 4.69) is 19.0 Å². The zero-order valence-electron chi connectivity index (χ0n) is 16.5. The number of carbonyl (C=O) groups excluding carboxylic acids is 1. The van der Waals surface area contributed by atoms with Gasteiger partial charge in [-0.3, -0.25) is 4.79 Å². The third kappa shape index (κ3) is 7.37. The van der Waals surface area contributed by atoms with E-state index in [-0.39, 0.29) is 17.7 Å². The molecule has 0 aliphatic rings. The molecule has 1 aromatic rings. The molecule has 0 aliphatic carbocycles. The summed E-state index contributed by atoms with van der Waals surface area (Å²) in [4.78, 5) is 27.4. The monoisotopic (exact) mass is 349 g/mol. The van der Waals surface area contributed by atoms with Crippen molar-refractivity contribution in [2.75, 3.05) is 0 Å². The van der Waals surface area contributed by atoms with Gasteiger partial charge in [0.1, 0.15) is 0 Å². The second kappa shape index (κ2) is 8.14. The lowest BCUT2D eigenvalue weighted by molar-refractivity contribution is -0.161. The van der Waals surface area contributed by atoms with Crippen molar-refractivity contribution in [3.05, 3.63) is 35.4 Å². The lowest BCUT2D eigenvalue weighted by Crippen LogP contribution is -2.33. The standard InChI is InChI=1S/C19H28N2O4/c1-13(21-25-19(4,5)17(23)24)11-18(2,3)12-15-8-6-14(7-9-15)10-16(20)22/h6-9H,10-12H2,1-5H3,(H2,20,22)(H,23,24)/b21-13+/i/hD. The summed E-state index contributed by atoms with van der Waals surface area (Å²) < 4.78 is 6.83. The molecule has 0 fully saturated rings. The van der Waals surface area contributed by atoms with Gasteiger partial charge in [0.25, 0.3) is 0 Å². The molecule has 0 spiro atoms. The van der Waals surface area contributed by atoms with E-state index in [1.807, 2.05) is 36.9 Å². The number of oxime groups is 1. The fourth-order valence-electron chi connectivity index (χ4n) is 2.53. The SMILES string of the molecule is [2H]NC(=O)Cc1ccc(CC(C)(C)C/C(C)=N/OC(C)(C)C(=O)O)cc1.